The van der Waals surface area contributed by atoms with Gasteiger partial charge in [-0.1, -0.05) is 12.1 Å². The van der Waals surface area contributed by atoms with E-state index in [1.807, 2.05) is 12.1 Å². The molecule has 0 aromatic heterocycles. The molecular weight excluding hydrogens is 268 g/mol. The van der Waals surface area contributed by atoms with E-state index in [1.54, 1.807) is 0 Å². The molecule has 20 heavy (non-hydrogen) atoms. The van der Waals surface area contributed by atoms with Crippen LogP contribution in [-0.2, 0) is 15.3 Å². The maximum atomic E-state index is 11.6. The Morgan fingerprint density at radius 1 is 0.900 bits per heavy atom. The molecule has 0 radical (unpaired) electrons. The van der Waals surface area contributed by atoms with Crippen molar-refractivity contribution in [3.05, 3.63) is 29.8 Å². The highest BCUT2D eigenvalue weighted by Crippen LogP contribution is 2.60. The molecule has 3 heteroatoms. The Hall–Kier alpha value is -0.830. The van der Waals surface area contributed by atoms with Crippen molar-refractivity contribution in [1.82, 2.24) is 0 Å². The zero-order valence-corrected chi connectivity index (χ0v) is 12.8. The molecule has 1 aromatic rings. The summed E-state index contributed by atoms with van der Waals surface area (Å²) in [7, 11) is -3.08. The predicted molar refractivity (Wildman–Crippen MR) is 79.4 cm³/mol. The van der Waals surface area contributed by atoms with Crippen molar-refractivity contribution in [2.45, 2.75) is 48.8 Å². The fourth-order valence-corrected chi connectivity index (χ4v) is 6.15. The fourth-order valence-electron chi connectivity index (χ4n) is 5.52. The van der Waals surface area contributed by atoms with Crippen molar-refractivity contribution in [2.24, 2.45) is 17.8 Å². The first-order valence-electron chi connectivity index (χ1n) is 7.75. The van der Waals surface area contributed by atoms with Crippen LogP contribution in [-0.4, -0.2) is 14.7 Å². The third-order valence-electron chi connectivity index (χ3n) is 5.93. The lowest BCUT2D eigenvalue weighted by atomic mass is 9.48. The maximum absolute atomic E-state index is 11.6. The van der Waals surface area contributed by atoms with Crippen LogP contribution in [0.15, 0.2) is 29.2 Å². The van der Waals surface area contributed by atoms with E-state index >= 15 is 0 Å². The van der Waals surface area contributed by atoms with Crippen LogP contribution >= 0.6 is 0 Å². The number of benzene rings is 1. The minimum atomic E-state index is -3.08. The molecule has 4 aliphatic carbocycles. The van der Waals surface area contributed by atoms with Gasteiger partial charge in [0.25, 0.3) is 0 Å². The standard InChI is InChI=1S/C17H22O2S/c1-20(18,19)16-4-2-15(3-5-16)17-9-12-6-13(10-17)8-14(7-12)11-17/h2-5,12-14H,6-11H2,1H3. The number of rotatable bonds is 2. The van der Waals surface area contributed by atoms with E-state index in [1.165, 1.54) is 50.3 Å². The van der Waals surface area contributed by atoms with Crippen LogP contribution in [0.25, 0.3) is 0 Å². The van der Waals surface area contributed by atoms with Gasteiger partial charge in [0.05, 0.1) is 4.90 Å². The summed E-state index contributed by atoms with van der Waals surface area (Å²) < 4.78 is 23.2. The highest BCUT2D eigenvalue weighted by Gasteiger charge is 2.51. The second kappa shape index (κ2) is 4.09. The molecule has 0 N–H and O–H groups in total. The predicted octanol–water partition coefficient (Wildman–Crippen LogP) is 3.56. The molecule has 4 saturated carbocycles. The Bertz CT molecular complexity index is 592. The summed E-state index contributed by atoms with van der Waals surface area (Å²) in [4.78, 5) is 0.450. The van der Waals surface area contributed by atoms with Gasteiger partial charge in [-0.2, -0.15) is 0 Å². The zero-order chi connectivity index (χ0) is 14.0. The van der Waals surface area contributed by atoms with E-state index < -0.39 is 9.84 Å². The van der Waals surface area contributed by atoms with Crippen LogP contribution in [0.1, 0.15) is 44.1 Å². The first-order valence-corrected chi connectivity index (χ1v) is 9.64. The van der Waals surface area contributed by atoms with Crippen LogP contribution in [0.3, 0.4) is 0 Å². The van der Waals surface area contributed by atoms with E-state index in [2.05, 4.69) is 12.1 Å². The first kappa shape index (κ1) is 12.9. The number of sulfone groups is 1. The van der Waals surface area contributed by atoms with Crippen molar-refractivity contribution < 1.29 is 8.42 Å². The van der Waals surface area contributed by atoms with Crippen molar-refractivity contribution >= 4 is 9.84 Å². The minimum absolute atomic E-state index is 0.366. The molecule has 0 aliphatic heterocycles. The molecular formula is C17H22O2S. The molecule has 4 aliphatic rings. The molecule has 2 nitrogen and oxygen atoms in total. The molecule has 4 fully saturated rings. The largest absolute Gasteiger partial charge is 0.224 e. The number of hydrogen-bond acceptors (Lipinski definition) is 2. The molecule has 0 atom stereocenters. The molecule has 0 spiro atoms. The number of hydrogen-bond donors (Lipinski definition) is 0. The van der Waals surface area contributed by atoms with E-state index in [9.17, 15) is 8.42 Å². The summed E-state index contributed by atoms with van der Waals surface area (Å²) in [6.45, 7) is 0. The Morgan fingerprint density at radius 3 is 1.75 bits per heavy atom. The summed E-state index contributed by atoms with van der Waals surface area (Å²) >= 11 is 0. The van der Waals surface area contributed by atoms with Gasteiger partial charge in [-0.15, -0.1) is 0 Å². The van der Waals surface area contributed by atoms with Gasteiger partial charge in [0.1, 0.15) is 0 Å². The van der Waals surface area contributed by atoms with Gasteiger partial charge in [-0.3, -0.25) is 0 Å². The Kier molecular flexibility index (Phi) is 2.64. The maximum Gasteiger partial charge on any atom is 0.175 e. The SMILES string of the molecule is CS(=O)(=O)c1ccc(C23CC4CC(CC(C4)C2)C3)cc1. The van der Waals surface area contributed by atoms with Crippen LogP contribution in [0.5, 0.6) is 0 Å². The fraction of sp³-hybridized carbons (Fsp3) is 0.647. The minimum Gasteiger partial charge on any atom is -0.224 e. The summed E-state index contributed by atoms with van der Waals surface area (Å²) in [5.41, 5.74) is 1.76. The average molecular weight is 290 g/mol. The lowest BCUT2D eigenvalue weighted by Crippen LogP contribution is -2.48. The second-order valence-corrected chi connectivity index (χ2v) is 9.51. The summed E-state index contributed by atoms with van der Waals surface area (Å²) in [6, 6.07) is 7.79. The van der Waals surface area contributed by atoms with Gasteiger partial charge >= 0.3 is 0 Å². The summed E-state index contributed by atoms with van der Waals surface area (Å²) in [5, 5.41) is 0. The highest BCUT2D eigenvalue weighted by atomic mass is 32.2. The van der Waals surface area contributed by atoms with Crippen LogP contribution in [0.4, 0.5) is 0 Å². The summed E-state index contributed by atoms with van der Waals surface area (Å²) in [6.07, 6.45) is 9.61. The van der Waals surface area contributed by atoms with E-state index in [4.69, 9.17) is 0 Å². The molecule has 0 saturated heterocycles. The van der Waals surface area contributed by atoms with Crippen LogP contribution < -0.4 is 0 Å². The average Bonchev–Trinajstić information content (AvgIpc) is 2.36. The highest BCUT2D eigenvalue weighted by molar-refractivity contribution is 7.90. The Balaban J connectivity index is 1.70. The van der Waals surface area contributed by atoms with Crippen LogP contribution in [0.2, 0.25) is 0 Å². The monoisotopic (exact) mass is 290 g/mol. The Morgan fingerprint density at radius 2 is 1.35 bits per heavy atom. The third kappa shape index (κ3) is 1.93. The van der Waals surface area contributed by atoms with Crippen molar-refractivity contribution in [3.63, 3.8) is 0 Å². The van der Waals surface area contributed by atoms with Crippen molar-refractivity contribution in [1.29, 1.82) is 0 Å². The molecule has 5 rings (SSSR count). The quantitative estimate of drug-likeness (QED) is 0.834. The van der Waals surface area contributed by atoms with Gasteiger partial charge in [0, 0.05) is 6.26 Å². The van der Waals surface area contributed by atoms with Gasteiger partial charge < -0.3 is 0 Å². The van der Waals surface area contributed by atoms with Gasteiger partial charge in [-0.25, -0.2) is 8.42 Å². The van der Waals surface area contributed by atoms with E-state index in [0.717, 1.165) is 17.8 Å². The molecule has 1 aromatic carbocycles. The van der Waals surface area contributed by atoms with Crippen molar-refractivity contribution in [3.8, 4) is 0 Å². The van der Waals surface area contributed by atoms with Gasteiger partial charge in [0.2, 0.25) is 0 Å². The lowest BCUT2D eigenvalue weighted by molar-refractivity contribution is -0.00521. The molecule has 0 unspecified atom stereocenters. The topological polar surface area (TPSA) is 34.1 Å². The normalized spacial score (nSPS) is 39.1. The smallest absolute Gasteiger partial charge is 0.175 e. The molecule has 0 heterocycles. The van der Waals surface area contributed by atoms with Crippen molar-refractivity contribution in [2.75, 3.05) is 6.26 Å². The molecule has 4 bridgehead atoms. The lowest BCUT2D eigenvalue weighted by Gasteiger charge is -2.57. The molecule has 108 valence electrons. The second-order valence-electron chi connectivity index (χ2n) is 7.49. The van der Waals surface area contributed by atoms with E-state index in [0.29, 0.717) is 10.3 Å². The van der Waals surface area contributed by atoms with Gasteiger partial charge in [-0.05, 0) is 79.4 Å². The third-order valence-corrected chi connectivity index (χ3v) is 7.06. The van der Waals surface area contributed by atoms with Crippen LogP contribution in [0, 0.1) is 17.8 Å². The Labute approximate surface area is 121 Å². The zero-order valence-electron chi connectivity index (χ0n) is 12.0. The summed E-state index contributed by atoms with van der Waals surface area (Å²) in [5.74, 6) is 2.78. The first-order chi connectivity index (χ1) is 9.45. The molecule has 0 amide bonds. The van der Waals surface area contributed by atoms with Gasteiger partial charge in [0.15, 0.2) is 9.84 Å². The van der Waals surface area contributed by atoms with E-state index in [-0.39, 0.29) is 0 Å².